The highest BCUT2D eigenvalue weighted by Gasteiger charge is 2.14. The summed E-state index contributed by atoms with van der Waals surface area (Å²) in [7, 11) is 0. The van der Waals surface area contributed by atoms with Crippen LogP contribution in [0.5, 0.6) is 0 Å². The molecular formula is C15H13N3O. The van der Waals surface area contributed by atoms with E-state index in [1.807, 2.05) is 42.5 Å². The third-order valence-electron chi connectivity index (χ3n) is 3.04. The summed E-state index contributed by atoms with van der Waals surface area (Å²) in [6.45, 7) is 1.52. The topological polar surface area (TPSA) is 60.9 Å². The van der Waals surface area contributed by atoms with E-state index in [9.17, 15) is 4.79 Å². The lowest BCUT2D eigenvalue weighted by atomic mass is 10.1. The highest BCUT2D eigenvalue weighted by molar-refractivity contribution is 6.05. The Morgan fingerprint density at radius 3 is 2.58 bits per heavy atom. The normalized spacial score (nSPS) is 10.8. The maximum atomic E-state index is 11.7. The minimum atomic E-state index is -0.0514. The number of Topliss-reactive ketones (excluding diaryl/α,β-unsaturated/α-hetero) is 1. The molecule has 0 unspecified atom stereocenters. The largest absolute Gasteiger partial charge is 0.399 e. The zero-order valence-corrected chi connectivity index (χ0v) is 10.5. The van der Waals surface area contributed by atoms with Crippen LogP contribution in [0.2, 0.25) is 0 Å². The molecule has 2 aromatic carbocycles. The van der Waals surface area contributed by atoms with Crippen molar-refractivity contribution in [3.63, 3.8) is 0 Å². The number of carbonyl (C=O) groups excluding carboxylic acids is 1. The second-order valence-electron chi connectivity index (χ2n) is 4.43. The van der Waals surface area contributed by atoms with Crippen LogP contribution in [0.3, 0.4) is 0 Å². The Hall–Kier alpha value is -2.62. The summed E-state index contributed by atoms with van der Waals surface area (Å²) in [6, 6.07) is 15.2. The Morgan fingerprint density at radius 2 is 1.89 bits per heavy atom. The Kier molecular flexibility index (Phi) is 2.56. The lowest BCUT2D eigenvalue weighted by Gasteiger charge is -2.03. The van der Waals surface area contributed by atoms with Crippen LogP contribution in [0.1, 0.15) is 17.4 Å². The molecule has 0 aliphatic carbocycles. The molecule has 0 atom stereocenters. The number of hydrogen-bond donors (Lipinski definition) is 1. The summed E-state index contributed by atoms with van der Waals surface area (Å²) in [5.74, 6) is -0.0514. The third-order valence-corrected chi connectivity index (χ3v) is 3.04. The number of rotatable bonds is 2. The van der Waals surface area contributed by atoms with Crippen molar-refractivity contribution < 1.29 is 4.79 Å². The summed E-state index contributed by atoms with van der Waals surface area (Å²) in [6.07, 6.45) is 0. The van der Waals surface area contributed by atoms with Crippen molar-refractivity contribution in [3.8, 4) is 5.69 Å². The van der Waals surface area contributed by atoms with Crippen LogP contribution in [0.15, 0.2) is 48.5 Å². The first kappa shape index (κ1) is 11.5. The van der Waals surface area contributed by atoms with Crippen LogP contribution in [-0.2, 0) is 0 Å². The van der Waals surface area contributed by atoms with Crippen LogP contribution >= 0.6 is 0 Å². The number of carbonyl (C=O) groups is 1. The maximum absolute atomic E-state index is 11.7. The summed E-state index contributed by atoms with van der Waals surface area (Å²) < 4.78 is 1.75. The zero-order valence-electron chi connectivity index (χ0n) is 10.5. The minimum Gasteiger partial charge on any atom is -0.399 e. The molecule has 94 valence electrons. The molecule has 0 radical (unpaired) electrons. The third kappa shape index (κ3) is 1.87. The highest BCUT2D eigenvalue weighted by Crippen LogP contribution is 2.24. The van der Waals surface area contributed by atoms with Gasteiger partial charge < -0.3 is 5.73 Å². The first-order valence-electron chi connectivity index (χ1n) is 6.01. The van der Waals surface area contributed by atoms with E-state index in [-0.39, 0.29) is 5.78 Å². The Bertz CT molecular complexity index is 760. The fourth-order valence-corrected chi connectivity index (χ4v) is 2.16. The van der Waals surface area contributed by atoms with Gasteiger partial charge >= 0.3 is 0 Å². The van der Waals surface area contributed by atoms with E-state index in [2.05, 4.69) is 5.10 Å². The van der Waals surface area contributed by atoms with E-state index in [0.29, 0.717) is 11.4 Å². The number of benzene rings is 2. The van der Waals surface area contributed by atoms with E-state index in [0.717, 1.165) is 16.6 Å². The van der Waals surface area contributed by atoms with Gasteiger partial charge in [-0.15, -0.1) is 0 Å². The summed E-state index contributed by atoms with van der Waals surface area (Å²) >= 11 is 0. The molecule has 2 N–H and O–H groups in total. The average Bonchev–Trinajstić information content (AvgIpc) is 2.78. The minimum absolute atomic E-state index is 0.0514. The molecule has 0 bridgehead atoms. The number of para-hydroxylation sites is 1. The average molecular weight is 251 g/mol. The van der Waals surface area contributed by atoms with Crippen molar-refractivity contribution in [2.45, 2.75) is 6.92 Å². The van der Waals surface area contributed by atoms with Crippen LogP contribution in [0, 0.1) is 0 Å². The number of nitrogens with two attached hydrogens (primary N) is 1. The number of aromatic nitrogens is 2. The molecule has 0 saturated heterocycles. The highest BCUT2D eigenvalue weighted by atomic mass is 16.1. The predicted molar refractivity (Wildman–Crippen MR) is 75.5 cm³/mol. The molecule has 1 aromatic heterocycles. The van der Waals surface area contributed by atoms with Crippen molar-refractivity contribution in [1.29, 1.82) is 0 Å². The van der Waals surface area contributed by atoms with Crippen LogP contribution < -0.4 is 5.73 Å². The van der Waals surface area contributed by atoms with Gasteiger partial charge in [0, 0.05) is 18.0 Å². The van der Waals surface area contributed by atoms with Crippen LogP contribution in [0.25, 0.3) is 16.6 Å². The lowest BCUT2D eigenvalue weighted by Crippen LogP contribution is -1.99. The van der Waals surface area contributed by atoms with Crippen molar-refractivity contribution in [2.75, 3.05) is 5.73 Å². The number of nitrogen functional groups attached to an aromatic ring is 1. The summed E-state index contributed by atoms with van der Waals surface area (Å²) in [5.41, 5.74) is 8.71. The molecule has 0 saturated carbocycles. The van der Waals surface area contributed by atoms with Crippen LogP contribution in [0.4, 0.5) is 5.69 Å². The number of fused-ring (bicyclic) bond motifs is 1. The van der Waals surface area contributed by atoms with Crippen LogP contribution in [-0.4, -0.2) is 15.6 Å². The van der Waals surface area contributed by atoms with Crippen molar-refractivity contribution >= 4 is 22.4 Å². The van der Waals surface area contributed by atoms with Gasteiger partial charge in [-0.2, -0.15) is 5.10 Å². The van der Waals surface area contributed by atoms with Crippen molar-refractivity contribution in [2.24, 2.45) is 0 Å². The smallest absolute Gasteiger partial charge is 0.180 e. The summed E-state index contributed by atoms with van der Waals surface area (Å²) in [4.78, 5) is 11.7. The monoisotopic (exact) mass is 251 g/mol. The van der Waals surface area contributed by atoms with Gasteiger partial charge in [-0.1, -0.05) is 18.2 Å². The van der Waals surface area contributed by atoms with Gasteiger partial charge in [0.15, 0.2) is 5.78 Å². The number of nitrogens with zero attached hydrogens (tertiary/aromatic N) is 2. The SMILES string of the molecule is CC(=O)c1nn(-c2ccccc2)c2cc(N)ccc12. The molecule has 19 heavy (non-hydrogen) atoms. The quantitative estimate of drug-likeness (QED) is 0.562. The van der Waals surface area contributed by atoms with E-state index >= 15 is 0 Å². The molecule has 3 rings (SSSR count). The molecular weight excluding hydrogens is 238 g/mol. The van der Waals surface area contributed by atoms with Gasteiger partial charge in [0.2, 0.25) is 0 Å². The Labute approximate surface area is 110 Å². The van der Waals surface area contributed by atoms with E-state index in [1.54, 1.807) is 10.7 Å². The van der Waals surface area contributed by atoms with E-state index in [4.69, 9.17) is 5.73 Å². The van der Waals surface area contributed by atoms with E-state index < -0.39 is 0 Å². The number of anilines is 1. The van der Waals surface area contributed by atoms with Gasteiger partial charge in [0.05, 0.1) is 11.2 Å². The first-order chi connectivity index (χ1) is 9.16. The van der Waals surface area contributed by atoms with Gasteiger partial charge in [-0.3, -0.25) is 4.79 Å². The van der Waals surface area contributed by atoms with Gasteiger partial charge in [0.25, 0.3) is 0 Å². The van der Waals surface area contributed by atoms with E-state index in [1.165, 1.54) is 6.92 Å². The maximum Gasteiger partial charge on any atom is 0.180 e. The van der Waals surface area contributed by atoms with Crippen molar-refractivity contribution in [1.82, 2.24) is 9.78 Å². The molecule has 0 aliphatic heterocycles. The molecule has 1 heterocycles. The molecule has 4 nitrogen and oxygen atoms in total. The summed E-state index contributed by atoms with van der Waals surface area (Å²) in [5, 5.41) is 5.24. The Balaban J connectivity index is 2.36. The molecule has 0 fully saturated rings. The molecule has 0 amide bonds. The second kappa shape index (κ2) is 4.24. The number of hydrogen-bond acceptors (Lipinski definition) is 3. The second-order valence-corrected chi connectivity index (χ2v) is 4.43. The Morgan fingerprint density at radius 1 is 1.16 bits per heavy atom. The molecule has 4 heteroatoms. The fourth-order valence-electron chi connectivity index (χ4n) is 2.16. The molecule has 3 aromatic rings. The van der Waals surface area contributed by atoms with Gasteiger partial charge in [-0.25, -0.2) is 4.68 Å². The molecule has 0 aliphatic rings. The number of ketones is 1. The molecule has 0 spiro atoms. The standard InChI is InChI=1S/C15H13N3O/c1-10(19)15-13-8-7-11(16)9-14(13)18(17-15)12-5-3-2-4-6-12/h2-9H,16H2,1H3. The first-order valence-corrected chi connectivity index (χ1v) is 6.01. The lowest BCUT2D eigenvalue weighted by molar-refractivity contribution is 0.101. The van der Waals surface area contributed by atoms with Crippen molar-refractivity contribution in [3.05, 3.63) is 54.2 Å². The zero-order chi connectivity index (χ0) is 13.4. The van der Waals surface area contributed by atoms with Gasteiger partial charge in [0.1, 0.15) is 5.69 Å². The van der Waals surface area contributed by atoms with Gasteiger partial charge in [-0.05, 0) is 30.3 Å². The predicted octanol–water partition coefficient (Wildman–Crippen LogP) is 2.81. The fraction of sp³-hybridized carbons (Fsp3) is 0.0667.